The van der Waals surface area contributed by atoms with E-state index < -0.39 is 18.3 Å². The van der Waals surface area contributed by atoms with Gasteiger partial charge in [-0.2, -0.15) is 13.2 Å². The number of aliphatic hydroxyl groups excluding tert-OH is 1. The van der Waals surface area contributed by atoms with Gasteiger partial charge in [0.2, 0.25) is 0 Å². The first-order chi connectivity index (χ1) is 7.18. The van der Waals surface area contributed by atoms with Crippen LogP contribution in [-0.2, 0) is 4.74 Å². The van der Waals surface area contributed by atoms with Crippen LogP contribution in [0.5, 0.6) is 0 Å². The number of nitrogens with one attached hydrogen (secondary N) is 1. The number of alkyl halides is 3. The van der Waals surface area contributed by atoms with Crippen molar-refractivity contribution >= 4 is 0 Å². The molecule has 0 aromatic heterocycles. The second-order valence-electron chi connectivity index (χ2n) is 4.44. The van der Waals surface area contributed by atoms with Crippen LogP contribution in [0.1, 0.15) is 27.2 Å². The molecule has 0 spiro atoms. The normalized spacial score (nSPS) is 16.5. The van der Waals surface area contributed by atoms with Crippen molar-refractivity contribution in [2.75, 3.05) is 19.8 Å². The van der Waals surface area contributed by atoms with E-state index in [1.54, 1.807) is 6.92 Å². The maximum atomic E-state index is 11.8. The molecule has 3 nitrogen and oxygen atoms in total. The highest BCUT2D eigenvalue weighted by Gasteiger charge is 2.28. The Morgan fingerprint density at radius 2 is 1.88 bits per heavy atom. The third-order valence-electron chi connectivity index (χ3n) is 2.05. The number of aliphatic hydroxyl groups is 1. The van der Waals surface area contributed by atoms with Crippen LogP contribution < -0.4 is 5.32 Å². The summed E-state index contributed by atoms with van der Waals surface area (Å²) >= 11 is 0. The van der Waals surface area contributed by atoms with E-state index in [4.69, 9.17) is 5.11 Å². The summed E-state index contributed by atoms with van der Waals surface area (Å²) in [6.07, 6.45) is -3.96. The summed E-state index contributed by atoms with van der Waals surface area (Å²) in [4.78, 5) is 0. The molecule has 0 heterocycles. The highest BCUT2D eigenvalue weighted by molar-refractivity contribution is 4.83. The number of hydrogen-bond donors (Lipinski definition) is 2. The van der Waals surface area contributed by atoms with Crippen molar-refractivity contribution in [3.8, 4) is 0 Å². The first-order valence-electron chi connectivity index (χ1n) is 5.21. The van der Waals surface area contributed by atoms with Crippen LogP contribution in [0, 0.1) is 0 Å². The van der Waals surface area contributed by atoms with Gasteiger partial charge in [0.25, 0.3) is 0 Å². The lowest BCUT2D eigenvalue weighted by atomic mass is 9.98. The molecule has 0 aliphatic carbocycles. The summed E-state index contributed by atoms with van der Waals surface area (Å²) < 4.78 is 39.8. The van der Waals surface area contributed by atoms with Crippen LogP contribution in [-0.4, -0.2) is 42.7 Å². The number of ether oxygens (including phenoxy) is 1. The predicted octanol–water partition coefficient (Wildman–Crippen LogP) is 1.70. The quantitative estimate of drug-likeness (QED) is 0.669. The Bertz CT molecular complexity index is 197. The summed E-state index contributed by atoms with van der Waals surface area (Å²) in [6.45, 7) is 4.16. The van der Waals surface area contributed by atoms with Crippen molar-refractivity contribution < 1.29 is 23.0 Å². The van der Waals surface area contributed by atoms with Crippen LogP contribution in [0.3, 0.4) is 0 Å². The molecular weight excluding hydrogens is 223 g/mol. The van der Waals surface area contributed by atoms with Gasteiger partial charge in [-0.3, -0.25) is 0 Å². The van der Waals surface area contributed by atoms with E-state index in [2.05, 4.69) is 10.1 Å². The van der Waals surface area contributed by atoms with Crippen LogP contribution in [0.2, 0.25) is 0 Å². The van der Waals surface area contributed by atoms with Gasteiger partial charge in [-0.1, -0.05) is 13.8 Å². The molecule has 0 saturated carbocycles. The van der Waals surface area contributed by atoms with Crippen molar-refractivity contribution in [1.82, 2.24) is 5.32 Å². The van der Waals surface area contributed by atoms with Crippen molar-refractivity contribution in [3.63, 3.8) is 0 Å². The van der Waals surface area contributed by atoms with Crippen molar-refractivity contribution in [2.45, 2.75) is 44.9 Å². The lowest BCUT2D eigenvalue weighted by Gasteiger charge is -2.31. The van der Waals surface area contributed by atoms with Gasteiger partial charge < -0.3 is 15.2 Å². The van der Waals surface area contributed by atoms with E-state index in [1.165, 1.54) is 0 Å². The Balaban J connectivity index is 3.87. The highest BCUT2D eigenvalue weighted by Crippen LogP contribution is 2.16. The van der Waals surface area contributed by atoms with E-state index in [0.29, 0.717) is 6.42 Å². The van der Waals surface area contributed by atoms with E-state index in [9.17, 15) is 13.2 Å². The molecule has 0 aromatic rings. The minimum atomic E-state index is -4.29. The summed E-state index contributed by atoms with van der Waals surface area (Å²) in [5.41, 5.74) is -0.597. The Kier molecular flexibility index (Phi) is 6.28. The summed E-state index contributed by atoms with van der Waals surface area (Å²) in [7, 11) is 0. The Morgan fingerprint density at radius 1 is 1.31 bits per heavy atom. The Labute approximate surface area is 94.0 Å². The lowest BCUT2D eigenvalue weighted by molar-refractivity contribution is -0.175. The fraction of sp³-hybridized carbons (Fsp3) is 1.00. The molecule has 0 bridgehead atoms. The average molecular weight is 243 g/mol. The maximum Gasteiger partial charge on any atom is 0.411 e. The monoisotopic (exact) mass is 243 g/mol. The van der Waals surface area contributed by atoms with Gasteiger partial charge in [0.1, 0.15) is 6.61 Å². The first kappa shape index (κ1) is 15.7. The lowest BCUT2D eigenvalue weighted by Crippen LogP contribution is -2.49. The van der Waals surface area contributed by atoms with E-state index in [1.807, 2.05) is 13.8 Å². The van der Waals surface area contributed by atoms with Gasteiger partial charge in [-0.05, 0) is 13.3 Å². The zero-order valence-electron chi connectivity index (χ0n) is 9.90. The van der Waals surface area contributed by atoms with Gasteiger partial charge >= 0.3 is 6.18 Å². The number of rotatable bonds is 7. The molecule has 98 valence electrons. The standard InChI is InChI=1S/C10H20F3NO2/c1-8(2)14-9(3,6-15)4-5-16-7-10(11,12)13/h8,14-15H,4-7H2,1-3H3. The largest absolute Gasteiger partial charge is 0.411 e. The summed E-state index contributed by atoms with van der Waals surface area (Å²) in [5, 5.41) is 12.2. The smallest absolute Gasteiger partial charge is 0.394 e. The van der Waals surface area contributed by atoms with E-state index in [-0.39, 0.29) is 19.3 Å². The Morgan fingerprint density at radius 3 is 2.25 bits per heavy atom. The zero-order chi connectivity index (χ0) is 12.8. The van der Waals surface area contributed by atoms with Crippen molar-refractivity contribution in [2.24, 2.45) is 0 Å². The fourth-order valence-corrected chi connectivity index (χ4v) is 1.38. The molecular formula is C10H20F3NO2. The molecule has 1 unspecified atom stereocenters. The van der Waals surface area contributed by atoms with Gasteiger partial charge in [0, 0.05) is 18.2 Å². The summed E-state index contributed by atoms with van der Waals surface area (Å²) in [6, 6.07) is 0.153. The van der Waals surface area contributed by atoms with Gasteiger partial charge in [-0.25, -0.2) is 0 Å². The van der Waals surface area contributed by atoms with Crippen LogP contribution in [0.25, 0.3) is 0 Å². The van der Waals surface area contributed by atoms with E-state index >= 15 is 0 Å². The van der Waals surface area contributed by atoms with Crippen LogP contribution >= 0.6 is 0 Å². The molecule has 0 amide bonds. The molecule has 0 radical (unpaired) electrons. The van der Waals surface area contributed by atoms with Gasteiger partial charge in [-0.15, -0.1) is 0 Å². The maximum absolute atomic E-state index is 11.8. The van der Waals surface area contributed by atoms with Gasteiger partial charge in [0.05, 0.1) is 6.61 Å². The number of hydrogen-bond acceptors (Lipinski definition) is 3. The number of halogens is 3. The molecule has 0 rings (SSSR count). The average Bonchev–Trinajstić information content (AvgIpc) is 2.10. The molecule has 1 atom stereocenters. The van der Waals surface area contributed by atoms with Gasteiger partial charge in [0.15, 0.2) is 0 Å². The highest BCUT2D eigenvalue weighted by atomic mass is 19.4. The first-order valence-corrected chi connectivity index (χ1v) is 5.21. The zero-order valence-corrected chi connectivity index (χ0v) is 9.90. The Hall–Kier alpha value is -0.330. The second-order valence-corrected chi connectivity index (χ2v) is 4.44. The molecule has 16 heavy (non-hydrogen) atoms. The fourth-order valence-electron chi connectivity index (χ4n) is 1.38. The minimum absolute atomic E-state index is 0.0315. The second kappa shape index (κ2) is 6.42. The summed E-state index contributed by atoms with van der Waals surface area (Å²) in [5.74, 6) is 0. The van der Waals surface area contributed by atoms with Crippen LogP contribution in [0.4, 0.5) is 13.2 Å². The van der Waals surface area contributed by atoms with E-state index in [0.717, 1.165) is 0 Å². The third kappa shape index (κ3) is 7.90. The van der Waals surface area contributed by atoms with Crippen LogP contribution in [0.15, 0.2) is 0 Å². The third-order valence-corrected chi connectivity index (χ3v) is 2.05. The molecule has 0 fully saturated rings. The molecule has 0 saturated heterocycles. The topological polar surface area (TPSA) is 41.5 Å². The van der Waals surface area contributed by atoms with Crippen molar-refractivity contribution in [3.05, 3.63) is 0 Å². The SMILES string of the molecule is CC(C)NC(C)(CO)CCOCC(F)(F)F. The van der Waals surface area contributed by atoms with Crippen molar-refractivity contribution in [1.29, 1.82) is 0 Å². The molecule has 0 aliphatic heterocycles. The molecule has 0 aromatic carbocycles. The molecule has 6 heteroatoms. The predicted molar refractivity (Wildman–Crippen MR) is 55.3 cm³/mol. The minimum Gasteiger partial charge on any atom is -0.394 e. The molecule has 0 aliphatic rings. The molecule has 2 N–H and O–H groups in total.